The van der Waals surface area contributed by atoms with Gasteiger partial charge in [-0.15, -0.1) is 0 Å². The molecule has 0 radical (unpaired) electrons. The van der Waals surface area contributed by atoms with Gasteiger partial charge in [-0.3, -0.25) is 14.4 Å². The van der Waals surface area contributed by atoms with Crippen LogP contribution >= 0.6 is 0 Å². The molecule has 1 aromatic rings. The highest BCUT2D eigenvalue weighted by Crippen LogP contribution is 2.39. The normalized spacial score (nSPS) is 26.0. The third-order valence-electron chi connectivity index (χ3n) is 4.58. The van der Waals surface area contributed by atoms with Gasteiger partial charge in [0.15, 0.2) is 0 Å². The zero-order valence-electron chi connectivity index (χ0n) is 13.3. The van der Waals surface area contributed by atoms with Gasteiger partial charge in [0.05, 0.1) is 18.1 Å². The Morgan fingerprint density at radius 1 is 1.21 bits per heavy atom. The lowest BCUT2D eigenvalue weighted by atomic mass is 9.88. The van der Waals surface area contributed by atoms with E-state index in [4.69, 9.17) is 9.84 Å². The molecule has 0 aromatic heterocycles. The molecule has 1 aromatic carbocycles. The minimum Gasteiger partial charge on any atom is -0.480 e. The summed E-state index contributed by atoms with van der Waals surface area (Å²) >= 11 is 0. The zero-order valence-corrected chi connectivity index (χ0v) is 13.3. The summed E-state index contributed by atoms with van der Waals surface area (Å²) in [5.41, 5.74) is 0.940. The number of carboxylic acids is 1. The zero-order chi connectivity index (χ0) is 17.3. The summed E-state index contributed by atoms with van der Waals surface area (Å²) in [6, 6.07) is 5.40. The van der Waals surface area contributed by atoms with Crippen molar-refractivity contribution in [2.45, 2.75) is 44.4 Å². The number of ether oxygens (including phenoxy) is 1. The first kappa shape index (κ1) is 16.4. The summed E-state index contributed by atoms with van der Waals surface area (Å²) in [6.07, 6.45) is 2.98. The third kappa shape index (κ3) is 3.41. The smallest absolute Gasteiger partial charge is 0.325 e. The van der Waals surface area contributed by atoms with Gasteiger partial charge >= 0.3 is 5.97 Å². The van der Waals surface area contributed by atoms with Crippen molar-refractivity contribution in [2.75, 3.05) is 5.32 Å². The second-order valence-electron chi connectivity index (χ2n) is 6.32. The Balaban J connectivity index is 1.57. The predicted octanol–water partition coefficient (Wildman–Crippen LogP) is 1.40. The van der Waals surface area contributed by atoms with E-state index in [-0.39, 0.29) is 24.0 Å². The summed E-state index contributed by atoms with van der Waals surface area (Å²) < 4.78 is 5.69. The molecule has 0 saturated carbocycles. The number of amides is 2. The van der Waals surface area contributed by atoms with Crippen molar-refractivity contribution in [2.24, 2.45) is 5.92 Å². The molecule has 2 fully saturated rings. The molecular weight excluding hydrogens is 312 g/mol. The van der Waals surface area contributed by atoms with Gasteiger partial charge in [0.2, 0.25) is 5.91 Å². The first-order valence-electron chi connectivity index (χ1n) is 8.04. The quantitative estimate of drug-likeness (QED) is 0.756. The molecule has 24 heavy (non-hydrogen) atoms. The summed E-state index contributed by atoms with van der Waals surface area (Å²) in [5.74, 6) is -1.73. The fraction of sp³-hybridized carbons (Fsp3) is 0.471. The van der Waals surface area contributed by atoms with Gasteiger partial charge in [-0.1, -0.05) is 0 Å². The van der Waals surface area contributed by atoms with Crippen LogP contribution in [-0.4, -0.2) is 41.1 Å². The largest absolute Gasteiger partial charge is 0.480 e. The Labute approximate surface area is 139 Å². The van der Waals surface area contributed by atoms with E-state index in [1.807, 2.05) is 0 Å². The van der Waals surface area contributed by atoms with Crippen molar-refractivity contribution in [3.05, 3.63) is 29.8 Å². The Morgan fingerprint density at radius 2 is 1.92 bits per heavy atom. The SMILES string of the molecule is C[C@@H](NC(=O)c1ccc(NC(=O)[C@H]2C[C@H]3CC[C@H]2O3)cc1)C(=O)O. The van der Waals surface area contributed by atoms with Crippen LogP contribution in [-0.2, 0) is 14.3 Å². The third-order valence-corrected chi connectivity index (χ3v) is 4.58. The number of carbonyl (C=O) groups is 3. The molecule has 2 aliphatic rings. The fourth-order valence-electron chi connectivity index (χ4n) is 3.20. The Morgan fingerprint density at radius 3 is 2.46 bits per heavy atom. The first-order valence-corrected chi connectivity index (χ1v) is 8.04. The number of carboxylic acid groups (broad SMARTS) is 1. The van der Waals surface area contributed by atoms with Crippen molar-refractivity contribution in [1.82, 2.24) is 5.32 Å². The molecule has 0 unspecified atom stereocenters. The van der Waals surface area contributed by atoms with Crippen molar-refractivity contribution in [1.29, 1.82) is 0 Å². The molecule has 3 N–H and O–H groups in total. The average molecular weight is 332 g/mol. The first-order chi connectivity index (χ1) is 11.4. The van der Waals surface area contributed by atoms with Gasteiger partial charge in [-0.25, -0.2) is 0 Å². The maximum Gasteiger partial charge on any atom is 0.325 e. The van der Waals surface area contributed by atoms with Gasteiger partial charge in [0.1, 0.15) is 6.04 Å². The van der Waals surface area contributed by atoms with E-state index in [2.05, 4.69) is 10.6 Å². The number of hydrogen-bond acceptors (Lipinski definition) is 4. The number of hydrogen-bond donors (Lipinski definition) is 3. The highest BCUT2D eigenvalue weighted by Gasteiger charge is 2.44. The van der Waals surface area contributed by atoms with E-state index in [9.17, 15) is 14.4 Å². The van der Waals surface area contributed by atoms with Crippen LogP contribution in [0.4, 0.5) is 5.69 Å². The Kier molecular flexibility index (Phi) is 4.53. The molecule has 7 heteroatoms. The van der Waals surface area contributed by atoms with Gasteiger partial charge in [0.25, 0.3) is 5.91 Å². The highest BCUT2D eigenvalue weighted by atomic mass is 16.5. The van der Waals surface area contributed by atoms with Crippen LogP contribution < -0.4 is 10.6 Å². The van der Waals surface area contributed by atoms with Crippen LogP contribution in [0.2, 0.25) is 0 Å². The molecule has 2 saturated heterocycles. The molecule has 2 heterocycles. The minimum absolute atomic E-state index is 0.0255. The monoisotopic (exact) mass is 332 g/mol. The minimum atomic E-state index is -1.10. The van der Waals surface area contributed by atoms with Crippen LogP contribution in [0.5, 0.6) is 0 Å². The van der Waals surface area contributed by atoms with Crippen LogP contribution in [0.25, 0.3) is 0 Å². The van der Waals surface area contributed by atoms with Gasteiger partial charge < -0.3 is 20.5 Å². The summed E-state index contributed by atoms with van der Waals surface area (Å²) in [6.45, 7) is 1.40. The summed E-state index contributed by atoms with van der Waals surface area (Å²) in [7, 11) is 0. The van der Waals surface area contributed by atoms with E-state index >= 15 is 0 Å². The lowest BCUT2D eigenvalue weighted by Crippen LogP contribution is -2.38. The van der Waals surface area contributed by atoms with E-state index < -0.39 is 17.9 Å². The number of benzene rings is 1. The number of nitrogens with one attached hydrogen (secondary N) is 2. The van der Waals surface area contributed by atoms with Gasteiger partial charge in [-0.2, -0.15) is 0 Å². The lowest BCUT2D eigenvalue weighted by molar-refractivity contribution is -0.138. The van der Waals surface area contributed by atoms with Crippen molar-refractivity contribution < 1.29 is 24.2 Å². The predicted molar refractivity (Wildman–Crippen MR) is 85.6 cm³/mol. The van der Waals surface area contributed by atoms with E-state index in [0.29, 0.717) is 11.3 Å². The molecule has 0 spiro atoms. The van der Waals surface area contributed by atoms with Crippen molar-refractivity contribution >= 4 is 23.5 Å². The number of aliphatic carboxylic acids is 1. The fourth-order valence-corrected chi connectivity index (χ4v) is 3.20. The Bertz CT molecular complexity index is 657. The topological polar surface area (TPSA) is 105 Å². The van der Waals surface area contributed by atoms with E-state index in [0.717, 1.165) is 19.3 Å². The highest BCUT2D eigenvalue weighted by molar-refractivity contribution is 5.98. The van der Waals surface area contributed by atoms with Crippen molar-refractivity contribution in [3.63, 3.8) is 0 Å². The maximum atomic E-state index is 12.3. The average Bonchev–Trinajstić information content (AvgIpc) is 3.18. The van der Waals surface area contributed by atoms with Crippen LogP contribution in [0.1, 0.15) is 36.5 Å². The number of anilines is 1. The maximum absolute atomic E-state index is 12.3. The Hall–Kier alpha value is -2.41. The molecule has 2 aliphatic heterocycles. The van der Waals surface area contributed by atoms with Crippen molar-refractivity contribution in [3.8, 4) is 0 Å². The lowest BCUT2D eigenvalue weighted by Gasteiger charge is -2.18. The molecule has 2 bridgehead atoms. The molecular formula is C17H20N2O5. The molecule has 0 aliphatic carbocycles. The van der Waals surface area contributed by atoms with Crippen LogP contribution in [0.15, 0.2) is 24.3 Å². The molecule has 4 atom stereocenters. The van der Waals surface area contributed by atoms with Gasteiger partial charge in [-0.05, 0) is 50.5 Å². The number of carbonyl (C=O) groups excluding carboxylic acids is 2. The number of fused-ring (bicyclic) bond motifs is 2. The second-order valence-corrected chi connectivity index (χ2v) is 6.32. The molecule has 128 valence electrons. The summed E-state index contributed by atoms with van der Waals surface area (Å²) in [4.78, 5) is 35.0. The second kappa shape index (κ2) is 6.60. The van der Waals surface area contributed by atoms with E-state index in [1.54, 1.807) is 24.3 Å². The molecule has 3 rings (SSSR count). The van der Waals surface area contributed by atoms with Gasteiger partial charge in [0, 0.05) is 11.3 Å². The molecule has 2 amide bonds. The standard InChI is InChI=1S/C17H20N2O5/c1-9(17(22)23)18-15(20)10-2-4-11(5-3-10)19-16(21)13-8-12-6-7-14(13)24-12/h2-5,9,12-14H,6-8H2,1H3,(H,18,20)(H,19,21)(H,22,23)/t9-,12-,13+,14-/m1/s1. The van der Waals surface area contributed by atoms with Crippen LogP contribution in [0, 0.1) is 5.92 Å². The summed E-state index contributed by atoms with van der Waals surface area (Å²) in [5, 5.41) is 14.0. The van der Waals surface area contributed by atoms with Crippen LogP contribution in [0.3, 0.4) is 0 Å². The molecule has 7 nitrogen and oxygen atoms in total. The number of rotatable bonds is 5. The van der Waals surface area contributed by atoms with E-state index in [1.165, 1.54) is 6.92 Å².